The Morgan fingerprint density at radius 3 is 2.96 bits per heavy atom. The number of pyridine rings is 1. The first-order valence-corrected chi connectivity index (χ1v) is 7.48. The molecular formula is C18H12FN5O. The number of nitrogens with zero attached hydrogens (tertiary/aromatic N) is 3. The van der Waals surface area contributed by atoms with Gasteiger partial charge >= 0.3 is 0 Å². The molecule has 122 valence electrons. The SMILES string of the molecule is NC(=O)/C=C/c1c[nH]c2ncc(-c3cnc4cccc(F)c4c3)nc12. The van der Waals surface area contributed by atoms with Crippen LogP contribution in [0.5, 0.6) is 0 Å². The van der Waals surface area contributed by atoms with E-state index in [9.17, 15) is 9.18 Å². The number of aromatic amines is 1. The highest BCUT2D eigenvalue weighted by Crippen LogP contribution is 2.25. The summed E-state index contributed by atoms with van der Waals surface area (Å²) in [5.41, 5.74) is 8.75. The zero-order chi connectivity index (χ0) is 17.4. The molecule has 0 atom stereocenters. The maximum absolute atomic E-state index is 14.0. The van der Waals surface area contributed by atoms with Gasteiger partial charge in [-0.15, -0.1) is 0 Å². The molecule has 0 bridgehead atoms. The fourth-order valence-electron chi connectivity index (χ4n) is 2.60. The minimum atomic E-state index is -0.548. The lowest BCUT2D eigenvalue weighted by Gasteiger charge is -2.04. The second-order valence-corrected chi connectivity index (χ2v) is 5.46. The number of hydrogen-bond acceptors (Lipinski definition) is 4. The van der Waals surface area contributed by atoms with Crippen LogP contribution in [0.1, 0.15) is 5.56 Å². The van der Waals surface area contributed by atoms with Gasteiger partial charge in [0, 0.05) is 35.0 Å². The monoisotopic (exact) mass is 333 g/mol. The Morgan fingerprint density at radius 2 is 2.12 bits per heavy atom. The number of fused-ring (bicyclic) bond motifs is 2. The summed E-state index contributed by atoms with van der Waals surface area (Å²) in [5, 5.41) is 0.421. The Labute approximate surface area is 141 Å². The van der Waals surface area contributed by atoms with Crippen molar-refractivity contribution in [2.24, 2.45) is 5.73 Å². The molecule has 0 radical (unpaired) electrons. The van der Waals surface area contributed by atoms with E-state index in [1.54, 1.807) is 42.9 Å². The summed E-state index contributed by atoms with van der Waals surface area (Å²) in [6.45, 7) is 0. The van der Waals surface area contributed by atoms with Crippen LogP contribution in [0.2, 0.25) is 0 Å². The molecule has 0 fully saturated rings. The Hall–Kier alpha value is -3.61. The second-order valence-electron chi connectivity index (χ2n) is 5.46. The van der Waals surface area contributed by atoms with Crippen LogP contribution < -0.4 is 5.73 Å². The predicted molar refractivity (Wildman–Crippen MR) is 92.8 cm³/mol. The molecule has 0 unspecified atom stereocenters. The number of hydrogen-bond donors (Lipinski definition) is 2. The highest BCUT2D eigenvalue weighted by molar-refractivity contribution is 5.94. The number of H-pyrrole nitrogens is 1. The number of benzene rings is 1. The molecule has 0 saturated carbocycles. The lowest BCUT2D eigenvalue weighted by atomic mass is 10.1. The normalized spacial score (nSPS) is 11.6. The van der Waals surface area contributed by atoms with Crippen molar-refractivity contribution >= 4 is 34.1 Å². The molecule has 1 aromatic carbocycles. The summed E-state index contributed by atoms with van der Waals surface area (Å²) >= 11 is 0. The van der Waals surface area contributed by atoms with Gasteiger partial charge in [0.15, 0.2) is 5.65 Å². The Kier molecular flexibility index (Phi) is 3.46. The van der Waals surface area contributed by atoms with Crippen molar-refractivity contribution < 1.29 is 9.18 Å². The third-order valence-electron chi connectivity index (χ3n) is 3.81. The lowest BCUT2D eigenvalue weighted by molar-refractivity contribution is -0.113. The molecule has 0 aliphatic heterocycles. The van der Waals surface area contributed by atoms with Gasteiger partial charge in [-0.05, 0) is 24.3 Å². The Balaban J connectivity index is 1.85. The molecule has 4 aromatic rings. The number of primary amides is 1. The van der Waals surface area contributed by atoms with E-state index in [1.807, 2.05) is 0 Å². The summed E-state index contributed by atoms with van der Waals surface area (Å²) < 4.78 is 14.0. The average molecular weight is 333 g/mol. The van der Waals surface area contributed by atoms with E-state index >= 15 is 0 Å². The molecule has 3 aromatic heterocycles. The molecule has 25 heavy (non-hydrogen) atoms. The second kappa shape index (κ2) is 5.79. The maximum Gasteiger partial charge on any atom is 0.241 e. The van der Waals surface area contributed by atoms with Crippen LogP contribution in [0, 0.1) is 5.82 Å². The summed E-state index contributed by atoms with van der Waals surface area (Å²) in [4.78, 5) is 27.1. The van der Waals surface area contributed by atoms with Crippen molar-refractivity contribution in [3.8, 4) is 11.3 Å². The predicted octanol–water partition coefficient (Wildman–Crippen LogP) is 2.81. The highest BCUT2D eigenvalue weighted by atomic mass is 19.1. The van der Waals surface area contributed by atoms with E-state index in [-0.39, 0.29) is 5.82 Å². The number of carbonyl (C=O) groups excluding carboxylic acids is 1. The van der Waals surface area contributed by atoms with Crippen LogP contribution >= 0.6 is 0 Å². The van der Waals surface area contributed by atoms with Gasteiger partial charge in [-0.2, -0.15) is 0 Å². The first kappa shape index (κ1) is 14.9. The van der Waals surface area contributed by atoms with Crippen LogP contribution in [0.25, 0.3) is 39.4 Å². The maximum atomic E-state index is 14.0. The minimum absolute atomic E-state index is 0.340. The van der Waals surface area contributed by atoms with Crippen molar-refractivity contribution in [2.45, 2.75) is 0 Å². The topological polar surface area (TPSA) is 97.6 Å². The summed E-state index contributed by atoms with van der Waals surface area (Å²) in [7, 11) is 0. The fraction of sp³-hybridized carbons (Fsp3) is 0. The van der Waals surface area contributed by atoms with Gasteiger partial charge in [0.1, 0.15) is 11.3 Å². The third-order valence-corrected chi connectivity index (χ3v) is 3.81. The Bertz CT molecular complexity index is 1150. The van der Waals surface area contributed by atoms with E-state index in [0.717, 1.165) is 0 Å². The van der Waals surface area contributed by atoms with Crippen LogP contribution in [0.4, 0.5) is 4.39 Å². The summed E-state index contributed by atoms with van der Waals surface area (Å²) in [6, 6.07) is 6.45. The molecule has 3 heterocycles. The molecule has 0 saturated heterocycles. The molecule has 0 spiro atoms. The van der Waals surface area contributed by atoms with E-state index in [0.29, 0.717) is 38.9 Å². The molecular weight excluding hydrogens is 321 g/mol. The van der Waals surface area contributed by atoms with Gasteiger partial charge in [-0.1, -0.05) is 6.07 Å². The van der Waals surface area contributed by atoms with Gasteiger partial charge in [-0.25, -0.2) is 14.4 Å². The summed E-state index contributed by atoms with van der Waals surface area (Å²) in [5.74, 6) is -0.889. The Morgan fingerprint density at radius 1 is 1.24 bits per heavy atom. The molecule has 7 heteroatoms. The molecule has 0 aliphatic carbocycles. The lowest BCUT2D eigenvalue weighted by Crippen LogP contribution is -2.05. The van der Waals surface area contributed by atoms with E-state index < -0.39 is 5.91 Å². The van der Waals surface area contributed by atoms with Crippen LogP contribution in [-0.4, -0.2) is 25.8 Å². The fourth-order valence-corrected chi connectivity index (χ4v) is 2.60. The zero-order valence-corrected chi connectivity index (χ0v) is 12.9. The van der Waals surface area contributed by atoms with Gasteiger partial charge in [0.05, 0.1) is 17.4 Å². The molecule has 3 N–H and O–H groups in total. The van der Waals surface area contributed by atoms with Crippen molar-refractivity contribution in [3.05, 3.63) is 60.3 Å². The van der Waals surface area contributed by atoms with Crippen molar-refractivity contribution in [2.75, 3.05) is 0 Å². The summed E-state index contributed by atoms with van der Waals surface area (Å²) in [6.07, 6.45) is 7.72. The first-order valence-electron chi connectivity index (χ1n) is 7.48. The van der Waals surface area contributed by atoms with Crippen molar-refractivity contribution in [1.82, 2.24) is 19.9 Å². The van der Waals surface area contributed by atoms with Gasteiger partial charge in [0.25, 0.3) is 0 Å². The number of rotatable bonds is 3. The smallest absolute Gasteiger partial charge is 0.241 e. The van der Waals surface area contributed by atoms with E-state index in [2.05, 4.69) is 19.9 Å². The standard InChI is InChI=1S/C18H12FN5O/c19-13-2-1-3-14-12(13)6-11(8-21-14)15-9-23-18-17(24-15)10(7-22-18)4-5-16(20)25/h1-9H,(H2,20,25)(H,22,23)/b5-4+. The van der Waals surface area contributed by atoms with Crippen molar-refractivity contribution in [1.29, 1.82) is 0 Å². The molecule has 4 rings (SSSR count). The molecule has 0 aliphatic rings. The first-order chi connectivity index (χ1) is 12.1. The molecule has 6 nitrogen and oxygen atoms in total. The number of nitrogens with one attached hydrogen (secondary N) is 1. The number of amides is 1. The molecule has 1 amide bonds. The van der Waals surface area contributed by atoms with Gasteiger partial charge in [0.2, 0.25) is 5.91 Å². The van der Waals surface area contributed by atoms with Crippen LogP contribution in [-0.2, 0) is 4.79 Å². The number of aromatic nitrogens is 4. The quantitative estimate of drug-likeness (QED) is 0.563. The van der Waals surface area contributed by atoms with Crippen molar-refractivity contribution in [3.63, 3.8) is 0 Å². The number of halogens is 1. The number of carbonyl (C=O) groups is 1. The van der Waals surface area contributed by atoms with Gasteiger partial charge < -0.3 is 10.7 Å². The van der Waals surface area contributed by atoms with Gasteiger partial charge in [-0.3, -0.25) is 9.78 Å². The number of nitrogens with two attached hydrogens (primary N) is 1. The van der Waals surface area contributed by atoms with Crippen LogP contribution in [0.3, 0.4) is 0 Å². The minimum Gasteiger partial charge on any atom is -0.366 e. The zero-order valence-electron chi connectivity index (χ0n) is 12.9. The third kappa shape index (κ3) is 2.72. The highest BCUT2D eigenvalue weighted by Gasteiger charge is 2.10. The van der Waals surface area contributed by atoms with E-state index in [4.69, 9.17) is 5.73 Å². The van der Waals surface area contributed by atoms with E-state index in [1.165, 1.54) is 12.1 Å². The van der Waals surface area contributed by atoms with Crippen LogP contribution in [0.15, 0.2) is 48.9 Å². The average Bonchev–Trinajstić information content (AvgIpc) is 3.02. The largest absolute Gasteiger partial charge is 0.366 e.